The van der Waals surface area contributed by atoms with Crippen molar-refractivity contribution in [3.8, 4) is 5.75 Å². The van der Waals surface area contributed by atoms with Crippen molar-refractivity contribution in [1.29, 1.82) is 0 Å². The number of nitrogens with one attached hydrogen (secondary N) is 1. The number of benzene rings is 1. The van der Waals surface area contributed by atoms with Crippen molar-refractivity contribution in [2.24, 2.45) is 11.8 Å². The Hall–Kier alpha value is -0.670. The van der Waals surface area contributed by atoms with Crippen LogP contribution in [0.4, 0.5) is 0 Å². The van der Waals surface area contributed by atoms with Crippen LogP contribution in [0, 0.1) is 11.8 Å². The van der Waals surface area contributed by atoms with E-state index in [1.165, 1.54) is 53.2 Å². The van der Waals surface area contributed by atoms with Crippen LogP contribution in [-0.2, 0) is 16.6 Å². The molecule has 0 aromatic heterocycles. The topological polar surface area (TPSA) is 61.9 Å². The molecular formula is C25H42BrN3O3S. The minimum atomic E-state index is -3.32. The van der Waals surface area contributed by atoms with Gasteiger partial charge >= 0.3 is 0 Å². The Labute approximate surface area is 209 Å². The number of nitrogens with zero attached hydrogens (tertiary/aromatic N) is 2. The molecule has 1 aromatic carbocycles. The average Bonchev–Trinajstić information content (AvgIpc) is 2.76. The zero-order valence-electron chi connectivity index (χ0n) is 20.7. The summed E-state index contributed by atoms with van der Waals surface area (Å²) in [6.07, 6.45) is 9.19. The summed E-state index contributed by atoms with van der Waals surface area (Å²) < 4.78 is 35.2. The van der Waals surface area contributed by atoms with E-state index in [2.05, 4.69) is 51.5 Å². The lowest BCUT2D eigenvalue weighted by Crippen LogP contribution is -2.43. The fraction of sp³-hybridized carbons (Fsp3) is 0.760. The van der Waals surface area contributed by atoms with Crippen molar-refractivity contribution in [2.45, 2.75) is 77.4 Å². The molecule has 2 aliphatic rings. The second-order valence-electron chi connectivity index (χ2n) is 10.3. The molecule has 0 atom stereocenters. The fourth-order valence-corrected chi connectivity index (χ4v) is 6.30. The van der Waals surface area contributed by atoms with E-state index < -0.39 is 10.2 Å². The van der Waals surface area contributed by atoms with Crippen LogP contribution in [0.3, 0.4) is 0 Å². The van der Waals surface area contributed by atoms with Gasteiger partial charge in [-0.05, 0) is 120 Å². The minimum absolute atomic E-state index is 0.0909. The number of likely N-dealkylation sites (tertiary alicyclic amines) is 1. The maximum absolute atomic E-state index is 12.0. The summed E-state index contributed by atoms with van der Waals surface area (Å²) in [6, 6.07) is 6.45. The Bertz CT molecular complexity index is 846. The van der Waals surface area contributed by atoms with Crippen LogP contribution >= 0.6 is 15.9 Å². The second kappa shape index (κ2) is 12.3. The predicted molar refractivity (Wildman–Crippen MR) is 139 cm³/mol. The molecule has 6 nitrogen and oxygen atoms in total. The second-order valence-corrected chi connectivity index (χ2v) is 13.1. The predicted octanol–water partition coefficient (Wildman–Crippen LogP) is 4.84. The Balaban J connectivity index is 1.36. The monoisotopic (exact) mass is 543 g/mol. The highest BCUT2D eigenvalue weighted by molar-refractivity contribution is 9.10. The lowest BCUT2D eigenvalue weighted by atomic mass is 9.84. The van der Waals surface area contributed by atoms with Crippen LogP contribution in [0.15, 0.2) is 22.7 Å². The molecule has 0 unspecified atom stereocenters. The standard InChI is InChI=1S/C25H42BrN3O3S/c1-19(2)32-24-9-10-25(26)22(18-24)17-21-12-15-29(16-13-21)14-11-20-5-7-23(8-6-20)27-33(30,31)28(3)4/h9-10,18-21,23,27H,5-8,11-17H2,1-4H3/t20-,23+. The molecule has 1 aliphatic carbocycles. The first-order valence-electron chi connectivity index (χ1n) is 12.5. The van der Waals surface area contributed by atoms with E-state index in [4.69, 9.17) is 4.74 Å². The minimum Gasteiger partial charge on any atom is -0.491 e. The smallest absolute Gasteiger partial charge is 0.279 e. The van der Waals surface area contributed by atoms with Gasteiger partial charge in [-0.1, -0.05) is 15.9 Å². The zero-order valence-corrected chi connectivity index (χ0v) is 23.1. The molecule has 0 spiro atoms. The molecule has 0 bridgehead atoms. The summed E-state index contributed by atoms with van der Waals surface area (Å²) in [7, 11) is -0.163. The van der Waals surface area contributed by atoms with Crippen molar-refractivity contribution >= 4 is 26.1 Å². The van der Waals surface area contributed by atoms with E-state index in [9.17, 15) is 8.42 Å². The van der Waals surface area contributed by atoms with Gasteiger partial charge in [-0.15, -0.1) is 0 Å². The van der Waals surface area contributed by atoms with Crippen molar-refractivity contribution < 1.29 is 13.2 Å². The van der Waals surface area contributed by atoms with Crippen LogP contribution in [0.1, 0.15) is 64.4 Å². The first-order valence-corrected chi connectivity index (χ1v) is 14.7. The molecule has 1 saturated heterocycles. The number of ether oxygens (including phenoxy) is 1. The fourth-order valence-electron chi connectivity index (χ4n) is 5.03. The lowest BCUT2D eigenvalue weighted by molar-refractivity contribution is 0.164. The summed E-state index contributed by atoms with van der Waals surface area (Å²) in [6.45, 7) is 7.67. The lowest BCUT2D eigenvalue weighted by Gasteiger charge is -2.34. The summed E-state index contributed by atoms with van der Waals surface area (Å²) in [4.78, 5) is 2.63. The maximum Gasteiger partial charge on any atom is 0.279 e. The Morgan fingerprint density at radius 1 is 1.09 bits per heavy atom. The normalized spacial score (nSPS) is 23.4. The van der Waals surface area contributed by atoms with Crippen LogP contribution in [0.2, 0.25) is 0 Å². The summed E-state index contributed by atoms with van der Waals surface area (Å²) in [5.74, 6) is 2.42. The van der Waals surface area contributed by atoms with E-state index in [1.54, 1.807) is 14.1 Å². The molecule has 8 heteroatoms. The Kier molecular flexibility index (Phi) is 10.1. The average molecular weight is 545 g/mol. The van der Waals surface area contributed by atoms with Gasteiger partial charge in [-0.2, -0.15) is 17.4 Å². The molecule has 1 saturated carbocycles. The molecule has 3 rings (SSSR count). The molecular weight excluding hydrogens is 502 g/mol. The van der Waals surface area contributed by atoms with Crippen molar-refractivity contribution in [2.75, 3.05) is 33.7 Å². The molecule has 33 heavy (non-hydrogen) atoms. The highest BCUT2D eigenvalue weighted by Crippen LogP contribution is 2.31. The van der Waals surface area contributed by atoms with Gasteiger partial charge in [0.05, 0.1) is 6.10 Å². The SMILES string of the molecule is CC(C)Oc1ccc(Br)c(CC2CCN(CC[C@H]3CC[C@@H](NS(=O)(=O)N(C)C)CC3)CC2)c1. The van der Waals surface area contributed by atoms with Gasteiger partial charge in [0.25, 0.3) is 10.2 Å². The molecule has 1 heterocycles. The van der Waals surface area contributed by atoms with Crippen LogP contribution in [0.25, 0.3) is 0 Å². The van der Waals surface area contributed by atoms with E-state index in [1.807, 2.05) is 6.07 Å². The molecule has 0 amide bonds. The summed E-state index contributed by atoms with van der Waals surface area (Å²) >= 11 is 3.73. The summed E-state index contributed by atoms with van der Waals surface area (Å²) in [5.41, 5.74) is 1.35. The van der Waals surface area contributed by atoms with Crippen LogP contribution < -0.4 is 9.46 Å². The van der Waals surface area contributed by atoms with Crippen LogP contribution in [-0.4, -0.2) is 63.5 Å². The van der Waals surface area contributed by atoms with Crippen molar-refractivity contribution in [3.05, 3.63) is 28.2 Å². The van der Waals surface area contributed by atoms with Gasteiger partial charge < -0.3 is 9.64 Å². The van der Waals surface area contributed by atoms with Gasteiger partial charge in [0.15, 0.2) is 0 Å². The van der Waals surface area contributed by atoms with E-state index in [0.29, 0.717) is 0 Å². The third-order valence-corrected chi connectivity index (χ3v) is 9.47. The number of piperidine rings is 1. The van der Waals surface area contributed by atoms with Gasteiger partial charge in [-0.3, -0.25) is 0 Å². The van der Waals surface area contributed by atoms with Gasteiger partial charge in [0.1, 0.15) is 5.75 Å². The van der Waals surface area contributed by atoms with E-state index in [0.717, 1.165) is 49.7 Å². The van der Waals surface area contributed by atoms with Crippen molar-refractivity contribution in [3.63, 3.8) is 0 Å². The molecule has 0 radical (unpaired) electrons. The van der Waals surface area contributed by atoms with Gasteiger partial charge in [0.2, 0.25) is 0 Å². The van der Waals surface area contributed by atoms with E-state index >= 15 is 0 Å². The molecule has 1 N–H and O–H groups in total. The Morgan fingerprint density at radius 2 is 1.76 bits per heavy atom. The first kappa shape index (κ1) is 26.9. The summed E-state index contributed by atoms with van der Waals surface area (Å²) in [5, 5.41) is 0. The molecule has 188 valence electrons. The molecule has 2 fully saturated rings. The Morgan fingerprint density at radius 3 is 2.36 bits per heavy atom. The highest BCUT2D eigenvalue weighted by Gasteiger charge is 2.27. The molecule has 1 aromatic rings. The number of hydrogen-bond donors (Lipinski definition) is 1. The van der Waals surface area contributed by atoms with Gasteiger partial charge in [-0.25, -0.2) is 0 Å². The maximum atomic E-state index is 12.0. The highest BCUT2D eigenvalue weighted by atomic mass is 79.9. The number of halogens is 1. The first-order chi connectivity index (χ1) is 15.6. The number of hydrogen-bond acceptors (Lipinski definition) is 4. The third-order valence-electron chi connectivity index (χ3n) is 7.10. The largest absolute Gasteiger partial charge is 0.491 e. The van der Waals surface area contributed by atoms with Crippen LogP contribution in [0.5, 0.6) is 5.75 Å². The molecule has 1 aliphatic heterocycles. The van der Waals surface area contributed by atoms with Gasteiger partial charge in [0, 0.05) is 24.6 Å². The zero-order chi connectivity index (χ0) is 24.0. The van der Waals surface area contributed by atoms with E-state index in [-0.39, 0.29) is 12.1 Å². The van der Waals surface area contributed by atoms with Crippen molar-refractivity contribution in [1.82, 2.24) is 13.9 Å². The quantitative estimate of drug-likeness (QED) is 0.458. The number of rotatable bonds is 10. The third kappa shape index (κ3) is 8.49.